The van der Waals surface area contributed by atoms with Crippen molar-refractivity contribution in [2.24, 2.45) is 5.92 Å². The van der Waals surface area contributed by atoms with Crippen molar-refractivity contribution >= 4 is 5.97 Å². The first-order valence-electron chi connectivity index (χ1n) is 6.57. The number of nitrogens with zero attached hydrogens (tertiary/aromatic N) is 1. The van der Waals surface area contributed by atoms with Crippen LogP contribution in [-0.4, -0.2) is 29.1 Å². The Morgan fingerprint density at radius 2 is 2.22 bits per heavy atom. The topological polar surface area (TPSA) is 40.5 Å². The molecular formula is C15H21NO2. The summed E-state index contributed by atoms with van der Waals surface area (Å²) in [6.45, 7) is 6.79. The predicted molar refractivity (Wildman–Crippen MR) is 71.6 cm³/mol. The molecule has 1 aromatic rings. The number of aryl methyl sites for hydroxylation is 2. The average molecular weight is 247 g/mol. The molecular weight excluding hydrogens is 226 g/mol. The van der Waals surface area contributed by atoms with Crippen molar-refractivity contribution in [3.8, 4) is 0 Å². The van der Waals surface area contributed by atoms with Gasteiger partial charge in [-0.05, 0) is 44.4 Å². The van der Waals surface area contributed by atoms with Crippen LogP contribution in [0.5, 0.6) is 0 Å². The number of benzene rings is 1. The highest BCUT2D eigenvalue weighted by Crippen LogP contribution is 2.20. The number of carboxylic acid groups (broad SMARTS) is 1. The van der Waals surface area contributed by atoms with Crippen LogP contribution in [0.4, 0.5) is 0 Å². The first kappa shape index (κ1) is 13.1. The number of hydrogen-bond acceptors (Lipinski definition) is 2. The zero-order valence-corrected chi connectivity index (χ0v) is 11.1. The Balaban J connectivity index is 2.02. The fourth-order valence-electron chi connectivity index (χ4n) is 2.66. The van der Waals surface area contributed by atoms with Crippen LogP contribution < -0.4 is 0 Å². The van der Waals surface area contributed by atoms with Crippen LogP contribution in [0.1, 0.15) is 29.5 Å². The van der Waals surface area contributed by atoms with Gasteiger partial charge in [-0.3, -0.25) is 9.69 Å². The number of piperidine rings is 1. The van der Waals surface area contributed by atoms with Gasteiger partial charge in [-0.2, -0.15) is 0 Å². The van der Waals surface area contributed by atoms with E-state index in [4.69, 9.17) is 5.11 Å². The quantitative estimate of drug-likeness (QED) is 0.892. The molecule has 1 aliphatic heterocycles. The highest BCUT2D eigenvalue weighted by atomic mass is 16.4. The number of carboxylic acids is 1. The van der Waals surface area contributed by atoms with Gasteiger partial charge in [0.15, 0.2) is 0 Å². The van der Waals surface area contributed by atoms with Crippen molar-refractivity contribution in [3.05, 3.63) is 34.9 Å². The SMILES string of the molecule is Cc1ccc(CN2CCCC(C(=O)O)C2)c(C)c1. The molecule has 0 spiro atoms. The van der Waals surface area contributed by atoms with Crippen LogP contribution in [0.3, 0.4) is 0 Å². The van der Waals surface area contributed by atoms with Gasteiger partial charge >= 0.3 is 5.97 Å². The normalized spacial score (nSPS) is 20.9. The molecule has 0 aliphatic carbocycles. The summed E-state index contributed by atoms with van der Waals surface area (Å²) in [4.78, 5) is 13.3. The standard InChI is InChI=1S/C15H21NO2/c1-11-5-6-13(12(2)8-11)9-16-7-3-4-14(10-16)15(17)18/h5-6,8,14H,3-4,7,9-10H2,1-2H3,(H,17,18). The average Bonchev–Trinajstić information content (AvgIpc) is 2.33. The lowest BCUT2D eigenvalue weighted by atomic mass is 9.97. The summed E-state index contributed by atoms with van der Waals surface area (Å²) >= 11 is 0. The molecule has 1 aliphatic rings. The van der Waals surface area contributed by atoms with Gasteiger partial charge in [0, 0.05) is 13.1 Å². The lowest BCUT2D eigenvalue weighted by Gasteiger charge is -2.31. The van der Waals surface area contributed by atoms with Crippen LogP contribution >= 0.6 is 0 Å². The monoisotopic (exact) mass is 247 g/mol. The summed E-state index contributed by atoms with van der Waals surface area (Å²) < 4.78 is 0. The van der Waals surface area contributed by atoms with Crippen LogP contribution in [-0.2, 0) is 11.3 Å². The molecule has 0 amide bonds. The Kier molecular flexibility index (Phi) is 4.02. The molecule has 1 heterocycles. The minimum absolute atomic E-state index is 0.190. The Morgan fingerprint density at radius 3 is 2.89 bits per heavy atom. The second-order valence-electron chi connectivity index (χ2n) is 5.34. The fourth-order valence-corrected chi connectivity index (χ4v) is 2.66. The number of likely N-dealkylation sites (tertiary alicyclic amines) is 1. The second kappa shape index (κ2) is 5.53. The highest BCUT2D eigenvalue weighted by molar-refractivity contribution is 5.70. The molecule has 0 radical (unpaired) electrons. The second-order valence-corrected chi connectivity index (χ2v) is 5.34. The van der Waals surface area contributed by atoms with E-state index in [1.807, 2.05) is 0 Å². The zero-order valence-electron chi connectivity index (χ0n) is 11.1. The molecule has 0 aromatic heterocycles. The molecule has 1 unspecified atom stereocenters. The largest absolute Gasteiger partial charge is 0.481 e. The number of hydrogen-bond donors (Lipinski definition) is 1. The molecule has 1 aromatic carbocycles. The van der Waals surface area contributed by atoms with E-state index in [-0.39, 0.29) is 5.92 Å². The highest BCUT2D eigenvalue weighted by Gasteiger charge is 2.25. The first-order chi connectivity index (χ1) is 8.56. The predicted octanol–water partition coefficient (Wildman–Crippen LogP) is 2.60. The maximum Gasteiger partial charge on any atom is 0.307 e. The van der Waals surface area contributed by atoms with Crippen molar-refractivity contribution in [2.45, 2.75) is 33.2 Å². The molecule has 0 saturated carbocycles. The van der Waals surface area contributed by atoms with Gasteiger partial charge in [0.2, 0.25) is 0 Å². The van der Waals surface area contributed by atoms with Gasteiger partial charge in [-0.1, -0.05) is 23.8 Å². The maximum absolute atomic E-state index is 11.0. The summed E-state index contributed by atoms with van der Waals surface area (Å²) in [5.41, 5.74) is 3.89. The fraction of sp³-hybridized carbons (Fsp3) is 0.533. The van der Waals surface area contributed by atoms with E-state index in [1.54, 1.807) is 0 Å². The number of aliphatic carboxylic acids is 1. The number of carbonyl (C=O) groups is 1. The zero-order chi connectivity index (χ0) is 13.1. The molecule has 98 valence electrons. The van der Waals surface area contributed by atoms with Crippen molar-refractivity contribution < 1.29 is 9.90 Å². The van der Waals surface area contributed by atoms with Crippen molar-refractivity contribution in [1.82, 2.24) is 4.90 Å². The van der Waals surface area contributed by atoms with E-state index < -0.39 is 5.97 Å². The lowest BCUT2D eigenvalue weighted by molar-refractivity contribution is -0.143. The molecule has 0 bridgehead atoms. The molecule has 2 rings (SSSR count). The van der Waals surface area contributed by atoms with Crippen LogP contribution in [0.25, 0.3) is 0 Å². The lowest BCUT2D eigenvalue weighted by Crippen LogP contribution is -2.38. The molecule has 1 fully saturated rings. The Bertz CT molecular complexity index is 442. The third-order valence-corrected chi connectivity index (χ3v) is 3.75. The molecule has 1 atom stereocenters. The molecule has 1 N–H and O–H groups in total. The summed E-state index contributed by atoms with van der Waals surface area (Å²) in [5.74, 6) is -0.843. The van der Waals surface area contributed by atoms with Crippen LogP contribution in [0, 0.1) is 19.8 Å². The third kappa shape index (κ3) is 3.10. The van der Waals surface area contributed by atoms with Gasteiger partial charge in [-0.25, -0.2) is 0 Å². The molecule has 3 nitrogen and oxygen atoms in total. The van der Waals surface area contributed by atoms with E-state index in [0.717, 1.165) is 25.9 Å². The van der Waals surface area contributed by atoms with Gasteiger partial charge < -0.3 is 5.11 Å². The van der Waals surface area contributed by atoms with E-state index in [2.05, 4.69) is 36.9 Å². The van der Waals surface area contributed by atoms with Crippen LogP contribution in [0.15, 0.2) is 18.2 Å². The summed E-state index contributed by atoms with van der Waals surface area (Å²) in [6.07, 6.45) is 1.81. The minimum Gasteiger partial charge on any atom is -0.481 e. The minimum atomic E-state index is -0.652. The summed E-state index contributed by atoms with van der Waals surface area (Å²) in [5, 5.41) is 9.09. The third-order valence-electron chi connectivity index (χ3n) is 3.75. The van der Waals surface area contributed by atoms with Crippen molar-refractivity contribution in [2.75, 3.05) is 13.1 Å². The smallest absolute Gasteiger partial charge is 0.307 e. The van der Waals surface area contributed by atoms with Gasteiger partial charge in [0.05, 0.1) is 5.92 Å². The molecule has 1 saturated heterocycles. The van der Waals surface area contributed by atoms with Gasteiger partial charge in [-0.15, -0.1) is 0 Å². The first-order valence-corrected chi connectivity index (χ1v) is 6.57. The van der Waals surface area contributed by atoms with E-state index >= 15 is 0 Å². The summed E-state index contributed by atoms with van der Waals surface area (Å²) in [6, 6.07) is 6.48. The van der Waals surface area contributed by atoms with Gasteiger partial charge in [0.25, 0.3) is 0 Å². The summed E-state index contributed by atoms with van der Waals surface area (Å²) in [7, 11) is 0. The Morgan fingerprint density at radius 1 is 1.44 bits per heavy atom. The van der Waals surface area contributed by atoms with Crippen LogP contribution in [0.2, 0.25) is 0 Å². The number of rotatable bonds is 3. The molecule has 18 heavy (non-hydrogen) atoms. The Hall–Kier alpha value is -1.35. The van der Waals surface area contributed by atoms with E-state index in [9.17, 15) is 4.79 Å². The van der Waals surface area contributed by atoms with E-state index in [0.29, 0.717) is 6.54 Å². The molecule has 3 heteroatoms. The van der Waals surface area contributed by atoms with E-state index in [1.165, 1.54) is 16.7 Å². The van der Waals surface area contributed by atoms with Crippen molar-refractivity contribution in [1.29, 1.82) is 0 Å². The van der Waals surface area contributed by atoms with Crippen molar-refractivity contribution in [3.63, 3.8) is 0 Å². The Labute approximate surface area is 108 Å². The van der Waals surface area contributed by atoms with Gasteiger partial charge in [0.1, 0.15) is 0 Å². The maximum atomic E-state index is 11.0.